The Hall–Kier alpha value is -0.781. The molecule has 18 heavy (non-hydrogen) atoms. The molecular formula is C16H16Se2. The summed E-state index contributed by atoms with van der Waals surface area (Å²) in [5, 5.41) is 0. The van der Waals surface area contributed by atoms with Gasteiger partial charge in [-0.2, -0.15) is 0 Å². The van der Waals surface area contributed by atoms with Gasteiger partial charge in [-0.25, -0.2) is 0 Å². The van der Waals surface area contributed by atoms with Crippen LogP contribution in [0.1, 0.15) is 13.3 Å². The summed E-state index contributed by atoms with van der Waals surface area (Å²) in [6.45, 7) is 2.22. The average molecular weight is 366 g/mol. The van der Waals surface area contributed by atoms with Crippen LogP contribution in [-0.2, 0) is 0 Å². The fourth-order valence-corrected chi connectivity index (χ4v) is 7.37. The van der Waals surface area contributed by atoms with Gasteiger partial charge in [0.25, 0.3) is 0 Å². The number of benzene rings is 2. The monoisotopic (exact) mass is 368 g/mol. The molecule has 0 amide bonds. The van der Waals surface area contributed by atoms with Gasteiger partial charge in [-0.3, -0.25) is 0 Å². The van der Waals surface area contributed by atoms with Crippen molar-refractivity contribution in [2.45, 2.75) is 13.3 Å². The third-order valence-corrected chi connectivity index (χ3v) is 7.79. The van der Waals surface area contributed by atoms with Crippen LogP contribution < -0.4 is 8.92 Å². The molecule has 92 valence electrons. The van der Waals surface area contributed by atoms with Crippen molar-refractivity contribution >= 4 is 38.8 Å². The number of hydrogen-bond acceptors (Lipinski definition) is 0. The molecule has 0 saturated heterocycles. The van der Waals surface area contributed by atoms with Crippen molar-refractivity contribution in [1.29, 1.82) is 0 Å². The molecule has 0 unspecified atom stereocenters. The van der Waals surface area contributed by atoms with Gasteiger partial charge in [-0.1, -0.05) is 0 Å². The Morgan fingerprint density at radius 1 is 0.833 bits per heavy atom. The summed E-state index contributed by atoms with van der Waals surface area (Å²) in [7, 11) is 0. The van der Waals surface area contributed by atoms with Crippen LogP contribution in [0.2, 0.25) is 0 Å². The first kappa shape index (κ1) is 13.6. The number of hydrogen-bond donors (Lipinski definition) is 0. The second-order valence-corrected chi connectivity index (χ2v) is 9.75. The summed E-state index contributed by atoms with van der Waals surface area (Å²) in [5.74, 6) is 0. The van der Waals surface area contributed by atoms with E-state index in [9.17, 15) is 0 Å². The Morgan fingerprint density at radius 2 is 1.28 bits per heavy atom. The molecule has 0 nitrogen and oxygen atoms in total. The second-order valence-electron chi connectivity index (χ2n) is 3.76. The normalized spacial score (nSPS) is 10.1. The van der Waals surface area contributed by atoms with Crippen LogP contribution in [0.4, 0.5) is 0 Å². The van der Waals surface area contributed by atoms with E-state index < -0.39 is 0 Å². The first-order valence-corrected chi connectivity index (χ1v) is 9.47. The first-order valence-electron chi connectivity index (χ1n) is 6.04. The van der Waals surface area contributed by atoms with Gasteiger partial charge >= 0.3 is 122 Å². The van der Waals surface area contributed by atoms with E-state index in [0.29, 0.717) is 29.9 Å². The van der Waals surface area contributed by atoms with E-state index in [-0.39, 0.29) is 0 Å². The molecule has 0 aromatic heterocycles. The van der Waals surface area contributed by atoms with Crippen molar-refractivity contribution in [3.8, 4) is 0 Å². The molecule has 0 N–H and O–H groups in total. The SMILES string of the molecule is CCC=C([Se]c1ccccc1)[Se]c1ccccc1. The van der Waals surface area contributed by atoms with E-state index in [1.54, 1.807) is 3.37 Å². The standard InChI is InChI=1S/C16H16Se2/c1-2-9-16(17-14-10-5-3-6-11-14)18-15-12-7-4-8-13-15/h3-13H,2H2,1H3. The summed E-state index contributed by atoms with van der Waals surface area (Å²) in [6.07, 6.45) is 3.55. The third kappa shape index (κ3) is 4.48. The van der Waals surface area contributed by atoms with E-state index in [1.165, 1.54) is 8.92 Å². The zero-order valence-electron chi connectivity index (χ0n) is 10.4. The minimum absolute atomic E-state index is 0.479. The maximum atomic E-state index is 2.42. The molecule has 0 aliphatic carbocycles. The van der Waals surface area contributed by atoms with Crippen molar-refractivity contribution in [2.24, 2.45) is 0 Å². The van der Waals surface area contributed by atoms with Crippen LogP contribution in [-0.4, -0.2) is 29.9 Å². The molecule has 0 aliphatic rings. The van der Waals surface area contributed by atoms with Crippen LogP contribution in [0.25, 0.3) is 0 Å². The topological polar surface area (TPSA) is 0 Å². The summed E-state index contributed by atoms with van der Waals surface area (Å²) in [4.78, 5) is 0. The van der Waals surface area contributed by atoms with E-state index in [1.807, 2.05) is 0 Å². The van der Waals surface area contributed by atoms with Gasteiger partial charge in [0.2, 0.25) is 0 Å². The Labute approximate surface area is 122 Å². The zero-order chi connectivity index (χ0) is 12.6. The Kier molecular flexibility index (Phi) is 5.77. The summed E-state index contributed by atoms with van der Waals surface area (Å²) in [5.41, 5.74) is 0. The second kappa shape index (κ2) is 7.61. The fourth-order valence-electron chi connectivity index (χ4n) is 1.48. The predicted octanol–water partition coefficient (Wildman–Crippen LogP) is 2.30. The average Bonchev–Trinajstić information content (AvgIpc) is 2.41. The van der Waals surface area contributed by atoms with Gasteiger partial charge < -0.3 is 0 Å². The van der Waals surface area contributed by atoms with Crippen LogP contribution in [0.5, 0.6) is 0 Å². The van der Waals surface area contributed by atoms with Gasteiger partial charge in [-0.15, -0.1) is 0 Å². The first-order chi connectivity index (χ1) is 8.88. The minimum atomic E-state index is 0.479. The van der Waals surface area contributed by atoms with Gasteiger partial charge in [0.05, 0.1) is 0 Å². The predicted molar refractivity (Wildman–Crippen MR) is 82.0 cm³/mol. The van der Waals surface area contributed by atoms with E-state index in [2.05, 4.69) is 73.7 Å². The Balaban J connectivity index is 2.08. The molecule has 2 rings (SSSR count). The maximum absolute atomic E-state index is 2.42. The van der Waals surface area contributed by atoms with Crippen LogP contribution in [0, 0.1) is 0 Å². The molecule has 0 radical (unpaired) electrons. The Morgan fingerprint density at radius 3 is 1.67 bits per heavy atom. The van der Waals surface area contributed by atoms with Crippen LogP contribution >= 0.6 is 0 Å². The third-order valence-electron chi connectivity index (χ3n) is 2.29. The van der Waals surface area contributed by atoms with Crippen molar-refractivity contribution in [1.82, 2.24) is 0 Å². The van der Waals surface area contributed by atoms with E-state index >= 15 is 0 Å². The molecular weight excluding hydrogens is 350 g/mol. The summed E-state index contributed by atoms with van der Waals surface area (Å²) >= 11 is 0.959. The zero-order valence-corrected chi connectivity index (χ0v) is 13.8. The number of rotatable bonds is 5. The van der Waals surface area contributed by atoms with Gasteiger partial charge in [-0.05, 0) is 0 Å². The molecule has 0 spiro atoms. The Bertz CT molecular complexity index is 446. The molecule has 2 heteroatoms. The molecule has 2 aromatic carbocycles. The van der Waals surface area contributed by atoms with Crippen LogP contribution in [0.15, 0.2) is 70.1 Å². The summed E-state index contributed by atoms with van der Waals surface area (Å²) in [6, 6.07) is 21.7. The van der Waals surface area contributed by atoms with E-state index in [4.69, 9.17) is 0 Å². The molecule has 0 atom stereocenters. The van der Waals surface area contributed by atoms with Crippen molar-refractivity contribution in [2.75, 3.05) is 0 Å². The molecule has 0 aliphatic heterocycles. The van der Waals surface area contributed by atoms with Crippen LogP contribution in [0.3, 0.4) is 0 Å². The molecule has 0 fully saturated rings. The van der Waals surface area contributed by atoms with Gasteiger partial charge in [0.1, 0.15) is 0 Å². The number of allylic oxidation sites excluding steroid dienone is 1. The van der Waals surface area contributed by atoms with Gasteiger partial charge in [0.15, 0.2) is 0 Å². The molecule has 2 aromatic rings. The fraction of sp³-hybridized carbons (Fsp3) is 0.125. The van der Waals surface area contributed by atoms with Crippen molar-refractivity contribution < 1.29 is 0 Å². The molecule has 0 bridgehead atoms. The van der Waals surface area contributed by atoms with Crippen molar-refractivity contribution in [3.63, 3.8) is 0 Å². The molecule has 0 saturated carbocycles. The van der Waals surface area contributed by atoms with Gasteiger partial charge in [0, 0.05) is 0 Å². The van der Waals surface area contributed by atoms with E-state index in [0.717, 1.165) is 6.42 Å². The van der Waals surface area contributed by atoms with Crippen molar-refractivity contribution in [3.05, 3.63) is 70.1 Å². The molecule has 0 heterocycles. The quantitative estimate of drug-likeness (QED) is 0.713. The summed E-state index contributed by atoms with van der Waals surface area (Å²) < 4.78 is 4.58.